The predicted molar refractivity (Wildman–Crippen MR) is 88.9 cm³/mol. The van der Waals surface area contributed by atoms with Crippen molar-refractivity contribution >= 4 is 29.0 Å². The topological polar surface area (TPSA) is 92.6 Å². The molecular formula is C14H20N4O4S. The van der Waals surface area contributed by atoms with Gasteiger partial charge in [-0.2, -0.15) is 0 Å². The van der Waals surface area contributed by atoms with E-state index in [4.69, 9.17) is 9.68 Å². The minimum absolute atomic E-state index is 0.00220. The Labute approximate surface area is 137 Å². The minimum Gasteiger partial charge on any atom is -0.398 e. The Hall–Kier alpha value is -2.26. The van der Waals surface area contributed by atoms with Crippen LogP contribution in [-0.4, -0.2) is 47.6 Å². The molecule has 23 heavy (non-hydrogen) atoms. The van der Waals surface area contributed by atoms with Crippen LogP contribution in [0, 0.1) is 0 Å². The molecule has 0 heterocycles. The van der Waals surface area contributed by atoms with Crippen LogP contribution in [0.3, 0.4) is 0 Å². The van der Waals surface area contributed by atoms with Crippen LogP contribution in [0.2, 0.25) is 0 Å². The summed E-state index contributed by atoms with van der Waals surface area (Å²) in [6.07, 6.45) is 1.51. The molecule has 1 atom stereocenters. The Kier molecular flexibility index (Phi) is 7.92. The largest absolute Gasteiger partial charge is 0.398 e. The highest BCUT2D eigenvalue weighted by atomic mass is 32.2. The highest BCUT2D eigenvalue weighted by molar-refractivity contribution is 7.81. The molecule has 1 rings (SSSR count). The summed E-state index contributed by atoms with van der Waals surface area (Å²) < 4.78 is 15.4. The summed E-state index contributed by atoms with van der Waals surface area (Å²) in [4.78, 5) is 22.2. The van der Waals surface area contributed by atoms with Crippen LogP contribution in [0.15, 0.2) is 34.6 Å². The van der Waals surface area contributed by atoms with Crippen LogP contribution < -0.4 is 4.72 Å². The number of hydrogen-bond donors (Lipinski definition) is 1. The summed E-state index contributed by atoms with van der Waals surface area (Å²) in [6, 6.07) is 7.04. The lowest BCUT2D eigenvalue weighted by atomic mass is 10.0. The second-order valence-corrected chi connectivity index (χ2v) is 5.84. The molecule has 126 valence electrons. The Morgan fingerprint density at radius 1 is 1.39 bits per heavy atom. The van der Waals surface area contributed by atoms with E-state index in [2.05, 4.69) is 15.0 Å². The van der Waals surface area contributed by atoms with Gasteiger partial charge >= 0.3 is 0 Å². The normalized spacial score (nSPS) is 13.2. The highest BCUT2D eigenvalue weighted by Gasteiger charge is 2.21. The van der Waals surface area contributed by atoms with Gasteiger partial charge in [0.25, 0.3) is 5.91 Å². The van der Waals surface area contributed by atoms with Crippen LogP contribution in [-0.2, 0) is 32.2 Å². The number of rotatable bonds is 8. The zero-order valence-corrected chi connectivity index (χ0v) is 14.3. The van der Waals surface area contributed by atoms with Crippen LogP contribution in [0.5, 0.6) is 0 Å². The van der Waals surface area contributed by atoms with Gasteiger partial charge in [-0.25, -0.2) is 8.51 Å². The average molecular weight is 340 g/mol. The molecule has 0 saturated carbocycles. The van der Waals surface area contributed by atoms with Gasteiger partial charge in [0, 0.05) is 31.4 Å². The van der Waals surface area contributed by atoms with Crippen molar-refractivity contribution in [2.45, 2.75) is 13.5 Å². The zero-order chi connectivity index (χ0) is 17.2. The van der Waals surface area contributed by atoms with E-state index in [1.54, 1.807) is 45.3 Å². The molecule has 9 heteroatoms. The van der Waals surface area contributed by atoms with Gasteiger partial charge in [0.05, 0.1) is 0 Å². The van der Waals surface area contributed by atoms with E-state index in [9.17, 15) is 9.00 Å². The lowest BCUT2D eigenvalue weighted by Crippen LogP contribution is -2.39. The Balaban J connectivity index is 3.08. The minimum atomic E-state index is -1.67. The number of oxime groups is 2. The SMILES string of the molecule is C/C=N\OCc1ccccc1/C(=N\OC)C(=O)NS(=O)N(C)C. The van der Waals surface area contributed by atoms with Gasteiger partial charge in [-0.1, -0.05) is 34.6 Å². The molecule has 0 fully saturated rings. The van der Waals surface area contributed by atoms with Crippen molar-refractivity contribution in [2.75, 3.05) is 21.2 Å². The van der Waals surface area contributed by atoms with Gasteiger partial charge in [-0.3, -0.25) is 9.52 Å². The standard InChI is InChI=1S/C14H20N4O4S/c1-5-15-22-10-11-8-6-7-9-12(11)13(16-21-4)14(19)17-23(20)18(2)3/h5-9H,10H2,1-4H3,(H,17,19)/b15-5-,16-13+. The maximum Gasteiger partial charge on any atom is 0.286 e. The first-order valence-corrected chi connectivity index (χ1v) is 7.81. The summed E-state index contributed by atoms with van der Waals surface area (Å²) in [5.74, 6) is -0.620. The van der Waals surface area contributed by atoms with Crippen LogP contribution in [0.4, 0.5) is 0 Å². The second-order valence-electron chi connectivity index (χ2n) is 4.41. The fraction of sp³-hybridized carbons (Fsp3) is 0.357. The summed E-state index contributed by atoms with van der Waals surface area (Å²) in [5.41, 5.74) is 1.20. The average Bonchev–Trinajstić information content (AvgIpc) is 2.53. The van der Waals surface area contributed by atoms with Crippen LogP contribution >= 0.6 is 0 Å². The van der Waals surface area contributed by atoms with Crippen molar-refractivity contribution < 1.29 is 18.7 Å². The van der Waals surface area contributed by atoms with Crippen molar-refractivity contribution in [2.24, 2.45) is 10.3 Å². The molecular weight excluding hydrogens is 320 g/mol. The fourth-order valence-corrected chi connectivity index (χ4v) is 2.02. The molecule has 0 aliphatic heterocycles. The van der Waals surface area contributed by atoms with Crippen molar-refractivity contribution in [3.63, 3.8) is 0 Å². The number of benzene rings is 1. The van der Waals surface area contributed by atoms with E-state index in [1.807, 2.05) is 0 Å². The quantitative estimate of drug-likeness (QED) is 0.560. The molecule has 8 nitrogen and oxygen atoms in total. The number of hydrogen-bond acceptors (Lipinski definition) is 6. The van der Waals surface area contributed by atoms with E-state index < -0.39 is 17.1 Å². The molecule has 1 N–H and O–H groups in total. The lowest BCUT2D eigenvalue weighted by Gasteiger charge is -2.13. The van der Waals surface area contributed by atoms with Crippen LogP contribution in [0.25, 0.3) is 0 Å². The first-order valence-electron chi connectivity index (χ1n) is 6.70. The number of carbonyl (C=O) groups is 1. The summed E-state index contributed by atoms with van der Waals surface area (Å²) >= 11 is -1.67. The highest BCUT2D eigenvalue weighted by Crippen LogP contribution is 2.12. The molecule has 1 amide bonds. The molecule has 0 aliphatic rings. The Morgan fingerprint density at radius 2 is 2.09 bits per heavy atom. The van der Waals surface area contributed by atoms with Gasteiger partial charge < -0.3 is 9.68 Å². The van der Waals surface area contributed by atoms with E-state index in [0.717, 1.165) is 0 Å². The summed E-state index contributed by atoms with van der Waals surface area (Å²) in [5, 5.41) is 7.43. The second kappa shape index (κ2) is 9.70. The first kappa shape index (κ1) is 18.8. The van der Waals surface area contributed by atoms with Crippen molar-refractivity contribution in [3.05, 3.63) is 35.4 Å². The monoisotopic (exact) mass is 340 g/mol. The third kappa shape index (κ3) is 5.80. The Bertz CT molecular complexity index is 617. The van der Waals surface area contributed by atoms with Crippen molar-refractivity contribution in [1.82, 2.24) is 9.03 Å². The number of nitrogens with one attached hydrogen (secondary N) is 1. The molecule has 0 bridgehead atoms. The van der Waals surface area contributed by atoms with Gasteiger partial charge in [0.15, 0.2) is 16.9 Å². The number of amides is 1. The van der Waals surface area contributed by atoms with Gasteiger partial charge in [0.2, 0.25) is 0 Å². The van der Waals surface area contributed by atoms with Gasteiger partial charge in [0.1, 0.15) is 13.7 Å². The van der Waals surface area contributed by atoms with E-state index >= 15 is 0 Å². The number of nitrogens with zero attached hydrogens (tertiary/aromatic N) is 3. The van der Waals surface area contributed by atoms with E-state index in [1.165, 1.54) is 17.6 Å². The number of carbonyl (C=O) groups excluding carboxylic acids is 1. The summed E-state index contributed by atoms with van der Waals surface area (Å²) in [7, 11) is 4.48. The third-order valence-electron chi connectivity index (χ3n) is 2.58. The molecule has 0 spiro atoms. The maximum atomic E-state index is 12.3. The van der Waals surface area contributed by atoms with Crippen molar-refractivity contribution in [1.29, 1.82) is 0 Å². The van der Waals surface area contributed by atoms with Gasteiger partial charge in [-0.15, -0.1) is 0 Å². The molecule has 0 saturated heterocycles. The predicted octanol–water partition coefficient (Wildman–Crippen LogP) is 0.816. The smallest absolute Gasteiger partial charge is 0.286 e. The van der Waals surface area contributed by atoms with E-state index in [-0.39, 0.29) is 12.3 Å². The molecule has 1 aromatic carbocycles. The molecule has 0 aliphatic carbocycles. The third-order valence-corrected chi connectivity index (χ3v) is 3.61. The van der Waals surface area contributed by atoms with Crippen molar-refractivity contribution in [3.8, 4) is 0 Å². The first-order chi connectivity index (χ1) is 11.0. The summed E-state index contributed by atoms with van der Waals surface area (Å²) in [6.45, 7) is 1.89. The Morgan fingerprint density at radius 3 is 2.70 bits per heavy atom. The lowest BCUT2D eigenvalue weighted by molar-refractivity contribution is -0.113. The zero-order valence-electron chi connectivity index (χ0n) is 13.5. The van der Waals surface area contributed by atoms with Crippen LogP contribution in [0.1, 0.15) is 18.1 Å². The molecule has 0 radical (unpaired) electrons. The maximum absolute atomic E-state index is 12.3. The van der Waals surface area contributed by atoms with E-state index in [0.29, 0.717) is 11.1 Å². The molecule has 1 aromatic rings. The fourth-order valence-electron chi connectivity index (χ4n) is 1.58. The molecule has 0 aromatic heterocycles. The molecule has 1 unspecified atom stereocenters. The van der Waals surface area contributed by atoms with Gasteiger partial charge in [-0.05, 0) is 6.92 Å².